The summed E-state index contributed by atoms with van der Waals surface area (Å²) in [5, 5.41) is 15.3. The van der Waals surface area contributed by atoms with E-state index in [4.69, 9.17) is 5.73 Å². The van der Waals surface area contributed by atoms with Gasteiger partial charge in [0.15, 0.2) is 0 Å². The number of rotatable bonds is 5. The molecule has 116 valence electrons. The summed E-state index contributed by atoms with van der Waals surface area (Å²) < 4.78 is 0. The van der Waals surface area contributed by atoms with Gasteiger partial charge < -0.3 is 21.5 Å². The van der Waals surface area contributed by atoms with Crippen molar-refractivity contribution in [3.63, 3.8) is 0 Å². The van der Waals surface area contributed by atoms with E-state index in [-0.39, 0.29) is 0 Å². The van der Waals surface area contributed by atoms with Crippen molar-refractivity contribution in [2.24, 2.45) is 5.73 Å². The van der Waals surface area contributed by atoms with Crippen LogP contribution < -0.4 is 16.4 Å². The van der Waals surface area contributed by atoms with Crippen molar-refractivity contribution in [2.45, 2.75) is 44.9 Å². The van der Waals surface area contributed by atoms with Gasteiger partial charge in [0.05, 0.1) is 11.1 Å². The second-order valence-corrected chi connectivity index (χ2v) is 6.03. The van der Waals surface area contributed by atoms with E-state index >= 15 is 0 Å². The number of hydrogen-bond donors (Lipinski definition) is 4. The van der Waals surface area contributed by atoms with Gasteiger partial charge in [0.2, 0.25) is 5.91 Å². The third kappa shape index (κ3) is 4.46. The van der Waals surface area contributed by atoms with Crippen LogP contribution in [0.2, 0.25) is 0 Å². The maximum atomic E-state index is 12.4. The Morgan fingerprint density at radius 2 is 1.67 bits per heavy atom. The number of benzene rings is 1. The highest BCUT2D eigenvalue weighted by molar-refractivity contribution is 5.88. The fraction of sp³-hybridized carbons (Fsp3) is 0.467. The van der Waals surface area contributed by atoms with Gasteiger partial charge in [-0.1, -0.05) is 30.3 Å². The molecule has 0 aromatic heterocycles. The van der Waals surface area contributed by atoms with Gasteiger partial charge in [-0.15, -0.1) is 0 Å². The van der Waals surface area contributed by atoms with E-state index in [0.717, 1.165) is 0 Å². The minimum atomic E-state index is -1.13. The molecule has 3 amide bonds. The summed E-state index contributed by atoms with van der Waals surface area (Å²) in [6.07, 6.45) is 0. The summed E-state index contributed by atoms with van der Waals surface area (Å²) in [5.74, 6) is -0.438. The molecule has 0 spiro atoms. The summed E-state index contributed by atoms with van der Waals surface area (Å²) in [6, 6.07) is 7.07. The van der Waals surface area contributed by atoms with Crippen LogP contribution in [-0.2, 0) is 4.79 Å². The third-order valence-corrected chi connectivity index (χ3v) is 3.65. The molecule has 1 aromatic carbocycles. The van der Waals surface area contributed by atoms with Crippen LogP contribution in [0.25, 0.3) is 0 Å². The summed E-state index contributed by atoms with van der Waals surface area (Å²) >= 11 is 0. The summed E-state index contributed by atoms with van der Waals surface area (Å²) in [4.78, 5) is 23.6. The van der Waals surface area contributed by atoms with Gasteiger partial charge in [0.1, 0.15) is 6.04 Å². The molecule has 1 aromatic rings. The number of carbonyl (C=O) groups is 2. The van der Waals surface area contributed by atoms with Crippen molar-refractivity contribution in [1.29, 1.82) is 0 Å². The van der Waals surface area contributed by atoms with E-state index in [1.165, 1.54) is 0 Å². The standard InChI is InChI=1S/C15H23N3O3/c1-14(2,15(3,4)21)18-12(19)11(17-13(16)20)10-8-6-5-7-9-10/h5-9,11,21H,1-4H3,(H,18,19)(H3,16,17,20). The molecule has 0 aliphatic carbocycles. The number of amides is 3. The lowest BCUT2D eigenvalue weighted by atomic mass is 9.85. The number of primary amides is 1. The SMILES string of the molecule is CC(C)(O)C(C)(C)NC(=O)C(NC(N)=O)c1ccccc1. The molecule has 1 atom stereocenters. The zero-order valence-electron chi connectivity index (χ0n) is 12.8. The molecule has 6 heteroatoms. The van der Waals surface area contributed by atoms with E-state index in [1.807, 2.05) is 6.07 Å². The second kappa shape index (κ2) is 6.13. The van der Waals surface area contributed by atoms with Crippen LogP contribution in [0.15, 0.2) is 30.3 Å². The van der Waals surface area contributed by atoms with Crippen LogP contribution in [0.1, 0.15) is 39.3 Å². The highest BCUT2D eigenvalue weighted by atomic mass is 16.3. The predicted octanol–water partition coefficient (Wildman–Crippen LogP) is 1.06. The Hall–Kier alpha value is -2.08. The molecule has 0 bridgehead atoms. The first-order valence-electron chi connectivity index (χ1n) is 6.70. The topological polar surface area (TPSA) is 104 Å². The maximum absolute atomic E-state index is 12.4. The van der Waals surface area contributed by atoms with E-state index in [9.17, 15) is 14.7 Å². The molecule has 0 aliphatic heterocycles. The first-order valence-corrected chi connectivity index (χ1v) is 6.70. The molecular weight excluding hydrogens is 270 g/mol. The van der Waals surface area contributed by atoms with Crippen LogP contribution in [0, 0.1) is 0 Å². The van der Waals surface area contributed by atoms with Gasteiger partial charge in [-0.2, -0.15) is 0 Å². The minimum absolute atomic E-state index is 0.438. The van der Waals surface area contributed by atoms with Gasteiger partial charge in [0.25, 0.3) is 0 Å². The lowest BCUT2D eigenvalue weighted by Crippen LogP contribution is -2.59. The average Bonchev–Trinajstić information content (AvgIpc) is 2.34. The van der Waals surface area contributed by atoms with E-state index < -0.39 is 29.1 Å². The lowest BCUT2D eigenvalue weighted by Gasteiger charge is -2.39. The molecule has 0 fully saturated rings. The van der Waals surface area contributed by atoms with Gasteiger partial charge >= 0.3 is 6.03 Å². The van der Waals surface area contributed by atoms with Crippen molar-refractivity contribution >= 4 is 11.9 Å². The summed E-state index contributed by atoms with van der Waals surface area (Å²) in [7, 11) is 0. The van der Waals surface area contributed by atoms with Crippen LogP contribution in [0.4, 0.5) is 4.79 Å². The van der Waals surface area contributed by atoms with Gasteiger partial charge in [-0.05, 0) is 33.3 Å². The Morgan fingerprint density at radius 3 is 2.10 bits per heavy atom. The second-order valence-electron chi connectivity index (χ2n) is 6.03. The predicted molar refractivity (Wildman–Crippen MR) is 80.4 cm³/mol. The molecule has 0 aliphatic rings. The highest BCUT2D eigenvalue weighted by Crippen LogP contribution is 2.22. The Morgan fingerprint density at radius 1 is 1.14 bits per heavy atom. The first kappa shape index (κ1) is 17.0. The number of urea groups is 1. The molecule has 0 radical (unpaired) electrons. The van der Waals surface area contributed by atoms with Crippen molar-refractivity contribution in [2.75, 3.05) is 0 Å². The molecule has 1 rings (SSSR count). The Bertz CT molecular complexity index is 507. The number of aliphatic hydroxyl groups is 1. The Balaban J connectivity index is 3.00. The molecule has 21 heavy (non-hydrogen) atoms. The molecule has 0 heterocycles. The lowest BCUT2D eigenvalue weighted by molar-refractivity contribution is -0.128. The monoisotopic (exact) mass is 293 g/mol. The summed E-state index contributed by atoms with van der Waals surface area (Å²) in [6.45, 7) is 6.62. The zero-order valence-corrected chi connectivity index (χ0v) is 12.8. The zero-order chi connectivity index (χ0) is 16.3. The van der Waals surface area contributed by atoms with Crippen molar-refractivity contribution in [3.05, 3.63) is 35.9 Å². The van der Waals surface area contributed by atoms with Crippen LogP contribution >= 0.6 is 0 Å². The van der Waals surface area contributed by atoms with Gasteiger partial charge in [0, 0.05) is 0 Å². The van der Waals surface area contributed by atoms with Crippen molar-refractivity contribution in [3.8, 4) is 0 Å². The van der Waals surface area contributed by atoms with Crippen molar-refractivity contribution in [1.82, 2.24) is 10.6 Å². The fourth-order valence-corrected chi connectivity index (χ4v) is 1.62. The molecule has 0 saturated heterocycles. The Kier molecular flexibility index (Phi) is 4.96. The van der Waals surface area contributed by atoms with Gasteiger partial charge in [-0.3, -0.25) is 4.79 Å². The quantitative estimate of drug-likeness (QED) is 0.652. The van der Waals surface area contributed by atoms with Crippen LogP contribution in [0.5, 0.6) is 0 Å². The number of carbonyl (C=O) groups excluding carboxylic acids is 2. The average molecular weight is 293 g/mol. The van der Waals surface area contributed by atoms with E-state index in [0.29, 0.717) is 5.56 Å². The Labute approximate surface area is 124 Å². The van der Waals surface area contributed by atoms with E-state index in [1.54, 1.807) is 52.0 Å². The molecule has 6 nitrogen and oxygen atoms in total. The molecular formula is C15H23N3O3. The molecule has 0 saturated carbocycles. The smallest absolute Gasteiger partial charge is 0.313 e. The largest absolute Gasteiger partial charge is 0.388 e. The number of nitrogens with one attached hydrogen (secondary N) is 2. The van der Waals surface area contributed by atoms with Crippen LogP contribution in [0.3, 0.4) is 0 Å². The van der Waals surface area contributed by atoms with Gasteiger partial charge in [-0.25, -0.2) is 4.79 Å². The minimum Gasteiger partial charge on any atom is -0.388 e. The fourth-order valence-electron chi connectivity index (χ4n) is 1.62. The molecule has 5 N–H and O–H groups in total. The molecule has 1 unspecified atom stereocenters. The number of hydrogen-bond acceptors (Lipinski definition) is 3. The van der Waals surface area contributed by atoms with Crippen LogP contribution in [-0.4, -0.2) is 28.2 Å². The first-order chi connectivity index (χ1) is 9.54. The third-order valence-electron chi connectivity index (χ3n) is 3.65. The van der Waals surface area contributed by atoms with Crippen molar-refractivity contribution < 1.29 is 14.7 Å². The highest BCUT2D eigenvalue weighted by Gasteiger charge is 2.38. The van der Waals surface area contributed by atoms with E-state index in [2.05, 4.69) is 10.6 Å². The summed E-state index contributed by atoms with van der Waals surface area (Å²) in [5.41, 5.74) is 3.74. The maximum Gasteiger partial charge on any atom is 0.313 e. The normalized spacial score (nSPS) is 13.4. The number of nitrogens with two attached hydrogens (primary N) is 1.